The summed E-state index contributed by atoms with van der Waals surface area (Å²) in [5.74, 6) is -1.20. The van der Waals surface area contributed by atoms with Gasteiger partial charge in [-0.2, -0.15) is 0 Å². The fourth-order valence-electron chi connectivity index (χ4n) is 2.02. The van der Waals surface area contributed by atoms with Crippen LogP contribution >= 0.6 is 15.9 Å². The molecular weight excluding hydrogens is 277 g/mol. The molecule has 16 heavy (non-hydrogen) atoms. The fraction of sp³-hybridized carbons (Fsp3) is 0.455. The highest BCUT2D eigenvalue weighted by atomic mass is 79.9. The van der Waals surface area contributed by atoms with Crippen LogP contribution in [0.2, 0.25) is 0 Å². The van der Waals surface area contributed by atoms with Gasteiger partial charge in [-0.1, -0.05) is 0 Å². The lowest BCUT2D eigenvalue weighted by molar-refractivity contribution is 0.391. The highest BCUT2D eigenvalue weighted by Crippen LogP contribution is 2.37. The van der Waals surface area contributed by atoms with Crippen molar-refractivity contribution >= 4 is 15.9 Å². The van der Waals surface area contributed by atoms with Crippen LogP contribution < -0.4 is 5.32 Å². The predicted octanol–water partition coefficient (Wildman–Crippen LogP) is 2.29. The van der Waals surface area contributed by atoms with Gasteiger partial charge in [0.25, 0.3) is 0 Å². The van der Waals surface area contributed by atoms with Crippen LogP contribution in [-0.4, -0.2) is 22.8 Å². The van der Waals surface area contributed by atoms with Crippen molar-refractivity contribution in [1.82, 2.24) is 5.32 Å². The van der Waals surface area contributed by atoms with E-state index < -0.39 is 11.6 Å². The van der Waals surface area contributed by atoms with E-state index in [9.17, 15) is 14.6 Å². The summed E-state index contributed by atoms with van der Waals surface area (Å²) in [7, 11) is 0. The van der Waals surface area contributed by atoms with Crippen molar-refractivity contribution in [3.8, 4) is 11.5 Å². The van der Waals surface area contributed by atoms with Crippen LogP contribution in [0.4, 0.5) is 4.39 Å². The van der Waals surface area contributed by atoms with Crippen molar-refractivity contribution in [3.63, 3.8) is 0 Å². The topological polar surface area (TPSA) is 52.5 Å². The van der Waals surface area contributed by atoms with Crippen molar-refractivity contribution < 1.29 is 14.6 Å². The van der Waals surface area contributed by atoms with Crippen molar-refractivity contribution in [2.75, 3.05) is 6.54 Å². The molecule has 3 nitrogen and oxygen atoms in total. The molecule has 5 heteroatoms. The molecule has 0 aromatic heterocycles. The molecule has 2 rings (SSSR count). The smallest absolute Gasteiger partial charge is 0.162 e. The van der Waals surface area contributed by atoms with Crippen LogP contribution in [0, 0.1) is 5.82 Å². The van der Waals surface area contributed by atoms with E-state index in [1.165, 1.54) is 0 Å². The van der Waals surface area contributed by atoms with Gasteiger partial charge in [-0.15, -0.1) is 0 Å². The van der Waals surface area contributed by atoms with Gasteiger partial charge in [0.1, 0.15) is 5.82 Å². The summed E-state index contributed by atoms with van der Waals surface area (Å²) in [5, 5.41) is 22.3. The number of halogens is 2. The van der Waals surface area contributed by atoms with E-state index in [4.69, 9.17) is 0 Å². The number of aromatic hydroxyl groups is 2. The largest absolute Gasteiger partial charge is 0.504 e. The zero-order valence-corrected chi connectivity index (χ0v) is 10.2. The van der Waals surface area contributed by atoms with Gasteiger partial charge >= 0.3 is 0 Å². The molecule has 3 N–H and O–H groups in total. The van der Waals surface area contributed by atoms with Crippen LogP contribution in [0.3, 0.4) is 0 Å². The van der Waals surface area contributed by atoms with Crippen LogP contribution in [-0.2, 0) is 6.42 Å². The first-order valence-corrected chi connectivity index (χ1v) is 6.01. The first kappa shape index (κ1) is 11.7. The number of hydrogen-bond donors (Lipinski definition) is 3. The Hall–Kier alpha value is -0.810. The third-order valence-electron chi connectivity index (χ3n) is 2.88. The molecule has 0 spiro atoms. The van der Waals surface area contributed by atoms with Crippen molar-refractivity contribution in [2.24, 2.45) is 0 Å². The Labute approximate surface area is 101 Å². The van der Waals surface area contributed by atoms with E-state index in [0.717, 1.165) is 25.5 Å². The Morgan fingerprint density at radius 2 is 2.25 bits per heavy atom. The fourth-order valence-corrected chi connectivity index (χ4v) is 2.48. The number of phenols is 2. The number of hydrogen-bond acceptors (Lipinski definition) is 3. The van der Waals surface area contributed by atoms with Crippen molar-refractivity contribution in [3.05, 3.63) is 21.9 Å². The third kappa shape index (κ3) is 2.15. The summed E-state index contributed by atoms with van der Waals surface area (Å²) in [5.41, 5.74) is 0.428. The quantitative estimate of drug-likeness (QED) is 0.733. The van der Waals surface area contributed by atoms with Crippen LogP contribution in [0.1, 0.15) is 18.4 Å². The summed E-state index contributed by atoms with van der Waals surface area (Å²) in [6.45, 7) is 0.949. The lowest BCUT2D eigenvalue weighted by atomic mass is 10.0. The minimum Gasteiger partial charge on any atom is -0.504 e. The molecule has 0 radical (unpaired) electrons. The van der Waals surface area contributed by atoms with Crippen LogP contribution in [0.5, 0.6) is 11.5 Å². The standard InChI is InChI=1S/C11H13BrFNO2/c12-10-7(4-6-2-1-3-14-6)11(16)9(15)5-8(10)13/h5-6,14-16H,1-4H2. The molecule has 1 aromatic carbocycles. The maximum absolute atomic E-state index is 13.4. The van der Waals surface area contributed by atoms with Gasteiger partial charge < -0.3 is 15.5 Å². The monoisotopic (exact) mass is 289 g/mol. The van der Waals surface area contributed by atoms with E-state index in [0.29, 0.717) is 12.0 Å². The SMILES string of the molecule is Oc1cc(F)c(Br)c(CC2CCCN2)c1O. The van der Waals surface area contributed by atoms with Crippen molar-refractivity contribution in [1.29, 1.82) is 0 Å². The first-order valence-electron chi connectivity index (χ1n) is 5.21. The Kier molecular flexibility index (Phi) is 3.35. The van der Waals surface area contributed by atoms with E-state index in [2.05, 4.69) is 21.2 Å². The minimum absolute atomic E-state index is 0.233. The molecule has 1 heterocycles. The Bertz CT molecular complexity index is 379. The average molecular weight is 290 g/mol. The normalized spacial score (nSPS) is 20.2. The molecule has 0 saturated carbocycles. The molecule has 0 amide bonds. The van der Waals surface area contributed by atoms with Gasteiger partial charge in [0.2, 0.25) is 0 Å². The van der Waals surface area contributed by atoms with Gasteiger partial charge in [0.15, 0.2) is 11.5 Å². The molecule has 1 unspecified atom stereocenters. The van der Waals surface area contributed by atoms with E-state index >= 15 is 0 Å². The lowest BCUT2D eigenvalue weighted by Crippen LogP contribution is -2.23. The Morgan fingerprint density at radius 1 is 1.50 bits per heavy atom. The number of rotatable bonds is 2. The second-order valence-electron chi connectivity index (χ2n) is 4.02. The molecule has 1 fully saturated rings. The van der Waals surface area contributed by atoms with Crippen LogP contribution in [0.15, 0.2) is 10.5 Å². The molecule has 88 valence electrons. The minimum atomic E-state index is -0.553. The highest BCUT2D eigenvalue weighted by molar-refractivity contribution is 9.10. The molecule has 1 aliphatic rings. The average Bonchev–Trinajstić information content (AvgIpc) is 2.74. The number of nitrogens with one attached hydrogen (secondary N) is 1. The first-order chi connectivity index (χ1) is 7.59. The molecule has 1 aromatic rings. The molecule has 0 bridgehead atoms. The van der Waals surface area contributed by atoms with Crippen LogP contribution in [0.25, 0.3) is 0 Å². The molecule has 0 aliphatic carbocycles. The summed E-state index contributed by atoms with van der Waals surface area (Å²) in [4.78, 5) is 0. The molecule has 1 saturated heterocycles. The highest BCUT2D eigenvalue weighted by Gasteiger charge is 2.21. The van der Waals surface area contributed by atoms with Gasteiger partial charge in [0, 0.05) is 17.7 Å². The third-order valence-corrected chi connectivity index (χ3v) is 3.74. The molecule has 1 aliphatic heterocycles. The Morgan fingerprint density at radius 3 is 2.88 bits per heavy atom. The summed E-state index contributed by atoms with van der Waals surface area (Å²) < 4.78 is 13.6. The van der Waals surface area contributed by atoms with Gasteiger partial charge in [0.05, 0.1) is 4.47 Å². The zero-order chi connectivity index (χ0) is 11.7. The van der Waals surface area contributed by atoms with E-state index in [1.807, 2.05) is 0 Å². The second-order valence-corrected chi connectivity index (χ2v) is 4.81. The maximum Gasteiger partial charge on any atom is 0.162 e. The Balaban J connectivity index is 2.31. The maximum atomic E-state index is 13.4. The summed E-state index contributed by atoms with van der Waals surface area (Å²) in [6.07, 6.45) is 2.60. The summed E-state index contributed by atoms with van der Waals surface area (Å²) >= 11 is 3.10. The number of benzene rings is 1. The van der Waals surface area contributed by atoms with E-state index in [-0.39, 0.29) is 16.3 Å². The zero-order valence-electron chi connectivity index (χ0n) is 8.63. The van der Waals surface area contributed by atoms with Gasteiger partial charge in [-0.3, -0.25) is 0 Å². The van der Waals surface area contributed by atoms with E-state index in [1.54, 1.807) is 0 Å². The molecule has 1 atom stereocenters. The number of phenolic OH excluding ortho intramolecular Hbond substituents is 2. The molecular formula is C11H13BrFNO2. The van der Waals surface area contributed by atoms with Gasteiger partial charge in [-0.25, -0.2) is 4.39 Å². The van der Waals surface area contributed by atoms with Gasteiger partial charge in [-0.05, 0) is 41.7 Å². The van der Waals surface area contributed by atoms with Crippen molar-refractivity contribution in [2.45, 2.75) is 25.3 Å². The lowest BCUT2D eigenvalue weighted by Gasteiger charge is -2.14. The predicted molar refractivity (Wildman–Crippen MR) is 62.2 cm³/mol. The summed E-state index contributed by atoms with van der Waals surface area (Å²) in [6, 6.07) is 1.15. The second kappa shape index (κ2) is 4.59.